The largest absolute Gasteiger partial charge is 0.326 e. The van der Waals surface area contributed by atoms with E-state index < -0.39 is 10.1 Å². The second kappa shape index (κ2) is 7.91. The molecule has 0 atom stereocenters. The molecule has 0 bridgehead atoms. The molecule has 0 aliphatic heterocycles. The summed E-state index contributed by atoms with van der Waals surface area (Å²) in [6.45, 7) is 0.333. The molecule has 2 aromatic carbocycles. The van der Waals surface area contributed by atoms with E-state index in [1.54, 1.807) is 24.3 Å². The average Bonchev–Trinajstić information content (AvgIpc) is 2.54. The Morgan fingerprint density at radius 3 is 1.68 bits per heavy atom. The van der Waals surface area contributed by atoms with Crippen molar-refractivity contribution in [3.63, 3.8) is 0 Å². The van der Waals surface area contributed by atoms with Crippen molar-refractivity contribution in [3.8, 4) is 12.1 Å². The molecular weight excluding hydrogens is 302 g/mol. The first-order valence-electron chi connectivity index (χ1n) is 6.06. The molecule has 22 heavy (non-hydrogen) atoms. The molecule has 0 amide bonds. The van der Waals surface area contributed by atoms with Crippen molar-refractivity contribution in [2.24, 2.45) is 5.73 Å². The highest BCUT2D eigenvalue weighted by Gasteiger charge is 2.09. The summed E-state index contributed by atoms with van der Waals surface area (Å²) >= 11 is 0. The summed E-state index contributed by atoms with van der Waals surface area (Å²) in [5.74, 6) is 0. The average molecular weight is 314 g/mol. The highest BCUT2D eigenvalue weighted by molar-refractivity contribution is 7.85. The smallest absolute Gasteiger partial charge is 0.324 e. The number of rotatable bonds is 2. The minimum absolute atomic E-state index is 0.222. The maximum atomic E-state index is 10.4. The van der Waals surface area contributed by atoms with Gasteiger partial charge in [-0.05, 0) is 29.8 Å². The van der Waals surface area contributed by atoms with Crippen molar-refractivity contribution in [1.29, 1.82) is 10.5 Å². The van der Waals surface area contributed by atoms with Crippen LogP contribution in [0.1, 0.15) is 16.7 Å². The summed E-state index contributed by atoms with van der Waals surface area (Å²) in [5, 5.41) is 16.9. The van der Waals surface area contributed by atoms with Gasteiger partial charge in [0.05, 0.1) is 16.0 Å². The van der Waals surface area contributed by atoms with Crippen LogP contribution in [-0.2, 0) is 21.2 Å². The molecule has 0 heterocycles. The molecule has 7 heteroatoms. The highest BCUT2D eigenvalue weighted by atomic mass is 32.2. The second-order valence-corrected chi connectivity index (χ2v) is 5.45. The Morgan fingerprint density at radius 2 is 1.36 bits per heavy atom. The SMILES string of the molecule is N#Cc1ccccc1C#N.NCc1ccc(S([O])(=O)=O)cc1. The van der Waals surface area contributed by atoms with Crippen molar-refractivity contribution < 1.29 is 13.0 Å². The van der Waals surface area contributed by atoms with Crippen LogP contribution in [0, 0.1) is 22.7 Å². The Balaban J connectivity index is 0.000000224. The second-order valence-electron chi connectivity index (χ2n) is 4.07. The maximum Gasteiger partial charge on any atom is 0.324 e. The van der Waals surface area contributed by atoms with Gasteiger partial charge in [0.1, 0.15) is 12.1 Å². The third-order valence-corrected chi connectivity index (χ3v) is 3.47. The molecule has 0 aliphatic rings. The summed E-state index contributed by atoms with van der Waals surface area (Å²) in [7, 11) is -4.32. The summed E-state index contributed by atoms with van der Waals surface area (Å²) in [4.78, 5) is -0.222. The molecule has 0 aliphatic carbocycles. The van der Waals surface area contributed by atoms with Crippen molar-refractivity contribution in [1.82, 2.24) is 0 Å². The molecular formula is C15H12N3O3S. The third-order valence-electron chi connectivity index (χ3n) is 2.62. The van der Waals surface area contributed by atoms with E-state index in [2.05, 4.69) is 0 Å². The molecule has 0 aromatic heterocycles. The molecule has 2 aromatic rings. The van der Waals surface area contributed by atoms with E-state index in [1.807, 2.05) is 12.1 Å². The van der Waals surface area contributed by atoms with Gasteiger partial charge >= 0.3 is 10.1 Å². The van der Waals surface area contributed by atoms with Gasteiger partial charge in [-0.2, -0.15) is 18.9 Å². The lowest BCUT2D eigenvalue weighted by atomic mass is 10.1. The van der Waals surface area contributed by atoms with Crippen molar-refractivity contribution in [2.45, 2.75) is 11.4 Å². The first kappa shape index (κ1) is 17.3. The molecule has 6 nitrogen and oxygen atoms in total. The molecule has 0 saturated carbocycles. The molecule has 0 saturated heterocycles. The standard InChI is InChI=1S/C8H4N2.C7H8NO3S/c9-5-7-3-1-2-4-8(7)6-10;8-5-6-1-3-7(4-2-6)12(9,10)11/h1-4H;1-4H,5,8H2. The van der Waals surface area contributed by atoms with Gasteiger partial charge in [-0.15, -0.1) is 0 Å². The Morgan fingerprint density at radius 1 is 0.909 bits per heavy atom. The van der Waals surface area contributed by atoms with Gasteiger partial charge in [-0.3, -0.25) is 0 Å². The van der Waals surface area contributed by atoms with Gasteiger partial charge in [0.15, 0.2) is 0 Å². The van der Waals surface area contributed by atoms with Crippen molar-refractivity contribution in [2.75, 3.05) is 0 Å². The fourth-order valence-corrected chi connectivity index (χ4v) is 1.94. The quantitative estimate of drug-likeness (QED) is 0.902. The van der Waals surface area contributed by atoms with Gasteiger partial charge in [0.25, 0.3) is 0 Å². The van der Waals surface area contributed by atoms with E-state index in [4.69, 9.17) is 16.3 Å². The van der Waals surface area contributed by atoms with Gasteiger partial charge in [-0.25, -0.2) is 0 Å². The molecule has 0 spiro atoms. The lowest BCUT2D eigenvalue weighted by Gasteiger charge is -1.96. The van der Waals surface area contributed by atoms with Gasteiger partial charge < -0.3 is 5.73 Å². The minimum atomic E-state index is -4.32. The zero-order valence-corrected chi connectivity index (χ0v) is 12.2. The van der Waals surface area contributed by atoms with E-state index in [-0.39, 0.29) is 4.90 Å². The number of nitrogens with two attached hydrogens (primary N) is 1. The number of hydrogen-bond donors (Lipinski definition) is 1. The molecule has 0 unspecified atom stereocenters. The Labute approximate surface area is 128 Å². The van der Waals surface area contributed by atoms with Crippen LogP contribution < -0.4 is 5.73 Å². The first-order chi connectivity index (χ1) is 10.4. The molecule has 0 fully saturated rings. The summed E-state index contributed by atoms with van der Waals surface area (Å²) in [5.41, 5.74) is 6.95. The topological polar surface area (TPSA) is 128 Å². The van der Waals surface area contributed by atoms with E-state index in [1.165, 1.54) is 24.3 Å². The van der Waals surface area contributed by atoms with Crippen LogP contribution in [0.3, 0.4) is 0 Å². The van der Waals surface area contributed by atoms with E-state index in [0.717, 1.165) is 5.56 Å². The van der Waals surface area contributed by atoms with Gasteiger partial charge in [0, 0.05) is 6.54 Å². The number of hydrogen-bond acceptors (Lipinski definition) is 5. The molecule has 111 valence electrons. The first-order valence-corrected chi connectivity index (χ1v) is 7.47. The fraction of sp³-hybridized carbons (Fsp3) is 0.0667. The minimum Gasteiger partial charge on any atom is -0.326 e. The van der Waals surface area contributed by atoms with Crippen LogP contribution >= 0.6 is 0 Å². The Kier molecular flexibility index (Phi) is 6.24. The summed E-state index contributed by atoms with van der Waals surface area (Å²) < 4.78 is 31.3. The predicted octanol–water partition coefficient (Wildman–Crippen LogP) is 1.69. The zero-order valence-electron chi connectivity index (χ0n) is 11.4. The van der Waals surface area contributed by atoms with Gasteiger partial charge in [0.2, 0.25) is 0 Å². The van der Waals surface area contributed by atoms with Crippen LogP contribution in [0.15, 0.2) is 53.4 Å². The summed E-state index contributed by atoms with van der Waals surface area (Å²) in [6, 6.07) is 16.1. The Hall–Kier alpha value is -2.71. The lowest BCUT2D eigenvalue weighted by molar-refractivity contribution is 0.414. The zero-order chi connectivity index (χ0) is 16.6. The number of benzene rings is 2. The lowest BCUT2D eigenvalue weighted by Crippen LogP contribution is -1.99. The predicted molar refractivity (Wildman–Crippen MR) is 78.1 cm³/mol. The van der Waals surface area contributed by atoms with E-state index in [9.17, 15) is 13.0 Å². The van der Waals surface area contributed by atoms with Gasteiger partial charge in [-0.1, -0.05) is 28.8 Å². The van der Waals surface area contributed by atoms with Crippen LogP contribution in [0.5, 0.6) is 0 Å². The van der Waals surface area contributed by atoms with Crippen LogP contribution in [0.25, 0.3) is 0 Å². The van der Waals surface area contributed by atoms with E-state index >= 15 is 0 Å². The number of nitrogens with zero attached hydrogens (tertiary/aromatic N) is 2. The van der Waals surface area contributed by atoms with Crippen molar-refractivity contribution in [3.05, 3.63) is 65.2 Å². The Bertz CT molecular complexity index is 783. The van der Waals surface area contributed by atoms with Crippen molar-refractivity contribution >= 4 is 10.1 Å². The summed E-state index contributed by atoms with van der Waals surface area (Å²) in [6.07, 6.45) is 0. The van der Waals surface area contributed by atoms with E-state index in [0.29, 0.717) is 17.7 Å². The van der Waals surface area contributed by atoms with Crippen LogP contribution in [-0.4, -0.2) is 8.42 Å². The highest BCUT2D eigenvalue weighted by Crippen LogP contribution is 2.09. The molecule has 2 rings (SSSR count). The molecule has 2 N–H and O–H groups in total. The molecule has 1 radical (unpaired) electrons. The van der Waals surface area contributed by atoms with Crippen LogP contribution in [0.4, 0.5) is 0 Å². The normalized spacial score (nSPS) is 9.82. The maximum absolute atomic E-state index is 10.4. The monoisotopic (exact) mass is 314 g/mol. The number of nitriles is 2. The third kappa shape index (κ3) is 5.00. The van der Waals surface area contributed by atoms with Crippen LogP contribution in [0.2, 0.25) is 0 Å². The fourth-order valence-electron chi connectivity index (χ4n) is 1.47.